The van der Waals surface area contributed by atoms with Gasteiger partial charge in [0.25, 0.3) is 0 Å². The van der Waals surface area contributed by atoms with Gasteiger partial charge in [-0.1, -0.05) is 60.2 Å². The number of aromatic nitrogens is 1. The van der Waals surface area contributed by atoms with Gasteiger partial charge in [-0.15, -0.1) is 11.3 Å². The lowest BCUT2D eigenvalue weighted by molar-refractivity contribution is 1.28. The van der Waals surface area contributed by atoms with Gasteiger partial charge in [-0.25, -0.2) is 4.98 Å². The van der Waals surface area contributed by atoms with Crippen LogP contribution in [-0.2, 0) is 0 Å². The molecule has 1 N–H and O–H groups in total. The topological polar surface area (TPSA) is 37.3 Å². The average Bonchev–Trinajstić information content (AvgIpc) is 2.91. The molecule has 1 aromatic heterocycles. The minimum atomic E-state index is 0.805. The largest absolute Gasteiger partial charge is 0.253 e. The molecular weight excluding hydrogens is 290 g/mol. The Morgan fingerprint density at radius 2 is 1.73 bits per heavy atom. The summed E-state index contributed by atoms with van der Waals surface area (Å²) in [6.45, 7) is 4.15. The molecule has 0 radical (unpaired) electrons. The van der Waals surface area contributed by atoms with E-state index >= 15 is 0 Å². The van der Waals surface area contributed by atoms with Gasteiger partial charge >= 0.3 is 0 Å². The van der Waals surface area contributed by atoms with Crippen molar-refractivity contribution in [3.05, 3.63) is 70.6 Å². The molecule has 0 amide bonds. The van der Waals surface area contributed by atoms with Crippen molar-refractivity contribution in [2.24, 2.45) is 5.10 Å². The summed E-state index contributed by atoms with van der Waals surface area (Å²) in [6.07, 6.45) is 1.80. The fraction of sp³-hybridized carbons (Fsp3) is 0.111. The maximum Gasteiger partial charge on any atom is 0.204 e. The molecule has 0 aliphatic heterocycles. The van der Waals surface area contributed by atoms with Gasteiger partial charge in [-0.2, -0.15) is 5.10 Å². The highest BCUT2D eigenvalue weighted by Crippen LogP contribution is 2.30. The molecule has 3 aromatic rings. The number of anilines is 1. The van der Waals surface area contributed by atoms with Crippen LogP contribution in [0.2, 0.25) is 0 Å². The van der Waals surface area contributed by atoms with Crippen molar-refractivity contribution in [3.63, 3.8) is 0 Å². The molecule has 4 heteroatoms. The number of benzene rings is 2. The number of aryl methyl sites for hydroxylation is 2. The third-order valence-corrected chi connectivity index (χ3v) is 4.17. The summed E-state index contributed by atoms with van der Waals surface area (Å²) in [5.74, 6) is 0. The molecule has 0 unspecified atom stereocenters. The van der Waals surface area contributed by atoms with Crippen LogP contribution in [0.3, 0.4) is 0 Å². The molecule has 2 aromatic carbocycles. The molecule has 0 aliphatic rings. The van der Waals surface area contributed by atoms with Crippen LogP contribution in [-0.4, -0.2) is 11.2 Å². The summed E-state index contributed by atoms with van der Waals surface area (Å²) < 4.78 is 0. The second kappa shape index (κ2) is 6.54. The summed E-state index contributed by atoms with van der Waals surface area (Å²) in [5, 5.41) is 5.07. The van der Waals surface area contributed by atoms with Crippen LogP contribution in [0.5, 0.6) is 0 Å². The lowest BCUT2D eigenvalue weighted by Crippen LogP contribution is -1.90. The molecular formula is C18H17N3S. The lowest BCUT2D eigenvalue weighted by atomic mass is 10.1. The molecule has 3 rings (SSSR count). The van der Waals surface area contributed by atoms with Gasteiger partial charge in [-0.3, -0.25) is 5.43 Å². The molecule has 22 heavy (non-hydrogen) atoms. The molecule has 110 valence electrons. The van der Waals surface area contributed by atoms with E-state index in [4.69, 9.17) is 0 Å². The van der Waals surface area contributed by atoms with Gasteiger partial charge in [0.2, 0.25) is 5.13 Å². The molecule has 3 nitrogen and oxygen atoms in total. The quantitative estimate of drug-likeness (QED) is 0.551. The van der Waals surface area contributed by atoms with Crippen LogP contribution in [0.15, 0.2) is 59.7 Å². The van der Waals surface area contributed by atoms with E-state index < -0.39 is 0 Å². The zero-order valence-corrected chi connectivity index (χ0v) is 13.4. The highest BCUT2D eigenvalue weighted by Gasteiger charge is 2.08. The number of thiazole rings is 1. The maximum absolute atomic E-state index is 4.62. The SMILES string of the molecule is Cc1ccc(/C=N\Nc2nc(-c3ccccc3)c(C)s2)cc1. The fourth-order valence-electron chi connectivity index (χ4n) is 2.12. The van der Waals surface area contributed by atoms with Crippen molar-refractivity contribution in [1.29, 1.82) is 0 Å². The molecule has 0 spiro atoms. The van der Waals surface area contributed by atoms with Gasteiger partial charge in [0.05, 0.1) is 11.9 Å². The normalized spacial score (nSPS) is 11.0. The second-order valence-corrected chi connectivity index (χ2v) is 6.27. The van der Waals surface area contributed by atoms with Crippen molar-refractivity contribution in [2.45, 2.75) is 13.8 Å². The van der Waals surface area contributed by atoms with Crippen LogP contribution in [0, 0.1) is 13.8 Å². The first-order valence-electron chi connectivity index (χ1n) is 7.11. The number of nitrogens with one attached hydrogen (secondary N) is 1. The molecule has 0 aliphatic carbocycles. The Bertz CT molecular complexity index is 774. The van der Waals surface area contributed by atoms with Gasteiger partial charge in [0, 0.05) is 10.4 Å². The van der Waals surface area contributed by atoms with Crippen molar-refractivity contribution in [1.82, 2.24) is 4.98 Å². The van der Waals surface area contributed by atoms with Crippen LogP contribution in [0.25, 0.3) is 11.3 Å². The van der Waals surface area contributed by atoms with E-state index in [2.05, 4.69) is 53.6 Å². The third-order valence-electron chi connectivity index (χ3n) is 3.29. The molecule has 0 saturated carbocycles. The predicted molar refractivity (Wildman–Crippen MR) is 94.7 cm³/mol. The molecule has 1 heterocycles. The summed E-state index contributed by atoms with van der Waals surface area (Å²) in [4.78, 5) is 5.80. The minimum Gasteiger partial charge on any atom is -0.253 e. The Balaban J connectivity index is 1.73. The number of hydrogen-bond acceptors (Lipinski definition) is 4. The lowest BCUT2D eigenvalue weighted by Gasteiger charge is -1.97. The van der Waals surface area contributed by atoms with Crippen LogP contribution in [0.4, 0.5) is 5.13 Å². The van der Waals surface area contributed by atoms with Gasteiger partial charge < -0.3 is 0 Å². The smallest absolute Gasteiger partial charge is 0.204 e. The monoisotopic (exact) mass is 307 g/mol. The van der Waals surface area contributed by atoms with Gasteiger partial charge in [-0.05, 0) is 19.4 Å². The van der Waals surface area contributed by atoms with E-state index in [-0.39, 0.29) is 0 Å². The average molecular weight is 307 g/mol. The van der Waals surface area contributed by atoms with Crippen molar-refractivity contribution >= 4 is 22.7 Å². The number of nitrogens with zero attached hydrogens (tertiary/aromatic N) is 2. The Labute approximate surface area is 134 Å². The summed E-state index contributed by atoms with van der Waals surface area (Å²) in [5.41, 5.74) is 7.47. The summed E-state index contributed by atoms with van der Waals surface area (Å²) in [7, 11) is 0. The molecule has 0 fully saturated rings. The Hall–Kier alpha value is -2.46. The highest BCUT2D eigenvalue weighted by molar-refractivity contribution is 7.15. The minimum absolute atomic E-state index is 0.805. The first kappa shape index (κ1) is 14.5. The van der Waals surface area contributed by atoms with E-state index in [0.29, 0.717) is 0 Å². The highest BCUT2D eigenvalue weighted by atomic mass is 32.1. The maximum atomic E-state index is 4.62. The molecule has 0 atom stereocenters. The first-order chi connectivity index (χ1) is 10.7. The summed E-state index contributed by atoms with van der Waals surface area (Å²) >= 11 is 1.61. The first-order valence-corrected chi connectivity index (χ1v) is 7.92. The van der Waals surface area contributed by atoms with E-state index in [1.54, 1.807) is 17.6 Å². The number of hydrogen-bond donors (Lipinski definition) is 1. The van der Waals surface area contributed by atoms with E-state index in [0.717, 1.165) is 22.0 Å². The van der Waals surface area contributed by atoms with Crippen LogP contribution in [0.1, 0.15) is 16.0 Å². The van der Waals surface area contributed by atoms with Crippen molar-refractivity contribution in [2.75, 3.05) is 5.43 Å². The number of hydrazone groups is 1. The Morgan fingerprint density at radius 3 is 2.45 bits per heavy atom. The Morgan fingerprint density at radius 1 is 1.00 bits per heavy atom. The van der Waals surface area contributed by atoms with Gasteiger partial charge in [0.1, 0.15) is 0 Å². The predicted octanol–water partition coefficient (Wildman–Crippen LogP) is 4.87. The van der Waals surface area contributed by atoms with Crippen LogP contribution < -0.4 is 5.43 Å². The van der Waals surface area contributed by atoms with Crippen molar-refractivity contribution < 1.29 is 0 Å². The molecule has 0 bridgehead atoms. The van der Waals surface area contributed by atoms with E-state index in [1.165, 1.54) is 10.4 Å². The standard InChI is InChI=1S/C18H17N3S/c1-13-8-10-15(11-9-13)12-19-21-18-20-17(14(2)22-18)16-6-4-3-5-7-16/h3-12H,1-2H3,(H,20,21)/b19-12-. The molecule has 0 saturated heterocycles. The number of rotatable bonds is 4. The van der Waals surface area contributed by atoms with E-state index in [1.807, 2.05) is 30.3 Å². The van der Waals surface area contributed by atoms with E-state index in [9.17, 15) is 0 Å². The summed E-state index contributed by atoms with van der Waals surface area (Å²) in [6, 6.07) is 18.4. The fourth-order valence-corrected chi connectivity index (χ4v) is 2.91. The van der Waals surface area contributed by atoms with Gasteiger partial charge in [0.15, 0.2) is 0 Å². The zero-order chi connectivity index (χ0) is 15.4. The van der Waals surface area contributed by atoms with Crippen LogP contribution >= 0.6 is 11.3 Å². The Kier molecular flexibility index (Phi) is 4.30. The zero-order valence-electron chi connectivity index (χ0n) is 12.6. The second-order valence-electron chi connectivity index (χ2n) is 5.07. The van der Waals surface area contributed by atoms with Crippen molar-refractivity contribution in [3.8, 4) is 11.3 Å². The third kappa shape index (κ3) is 3.40.